The van der Waals surface area contributed by atoms with Crippen molar-refractivity contribution in [1.29, 1.82) is 0 Å². The van der Waals surface area contributed by atoms with E-state index in [1.54, 1.807) is 0 Å². The predicted molar refractivity (Wildman–Crippen MR) is 87.7 cm³/mol. The van der Waals surface area contributed by atoms with Crippen LogP contribution in [-0.4, -0.2) is 53.1 Å². The van der Waals surface area contributed by atoms with Crippen molar-refractivity contribution < 1.29 is 9.53 Å². The van der Waals surface area contributed by atoms with Crippen molar-refractivity contribution in [3.8, 4) is 0 Å². The van der Waals surface area contributed by atoms with Gasteiger partial charge in [-0.3, -0.25) is 4.79 Å². The van der Waals surface area contributed by atoms with Gasteiger partial charge in [-0.2, -0.15) is 0 Å². The minimum atomic E-state index is -0.262. The number of anilines is 1. The van der Waals surface area contributed by atoms with E-state index < -0.39 is 0 Å². The number of nitrogen functional groups attached to an aromatic ring is 1. The largest absolute Gasteiger partial charge is 0.383 e. The Morgan fingerprint density at radius 1 is 1.43 bits per heavy atom. The molecule has 0 bridgehead atoms. The number of rotatable bonds is 5. The smallest absolute Gasteiger partial charge is 0.242 e. The molecule has 1 aromatic heterocycles. The second-order valence-electron chi connectivity index (χ2n) is 5.54. The highest BCUT2D eigenvalue weighted by molar-refractivity contribution is 5.88. The van der Waals surface area contributed by atoms with Crippen LogP contribution in [0.1, 0.15) is 12.5 Å². The van der Waals surface area contributed by atoms with Crippen LogP contribution in [0.3, 0.4) is 0 Å². The van der Waals surface area contributed by atoms with Gasteiger partial charge in [-0.1, -0.05) is 6.07 Å². The van der Waals surface area contributed by atoms with E-state index in [0.717, 1.165) is 23.0 Å². The summed E-state index contributed by atoms with van der Waals surface area (Å²) in [6.45, 7) is 4.96. The molecular weight excluding hydrogens is 294 g/mol. The number of aromatic nitrogens is 2. The monoisotopic (exact) mass is 315 g/mol. The lowest BCUT2D eigenvalue weighted by Crippen LogP contribution is -2.56. The summed E-state index contributed by atoms with van der Waals surface area (Å²) < 4.78 is 5.37. The van der Waals surface area contributed by atoms with E-state index in [1.807, 2.05) is 30.0 Å². The molecule has 0 radical (unpaired) electrons. The first kappa shape index (κ1) is 15.6. The van der Waals surface area contributed by atoms with E-state index in [0.29, 0.717) is 32.1 Å². The Bertz CT molecular complexity index is 706. The molecule has 1 fully saturated rings. The lowest BCUT2D eigenvalue weighted by molar-refractivity contribution is -0.138. The zero-order valence-corrected chi connectivity index (χ0v) is 13.2. The molecule has 1 atom stereocenters. The van der Waals surface area contributed by atoms with Crippen LogP contribution in [-0.2, 0) is 16.1 Å². The van der Waals surface area contributed by atoms with Crippen LogP contribution in [0, 0.1) is 0 Å². The average Bonchev–Trinajstić information content (AvgIpc) is 2.56. The Labute approximate surface area is 134 Å². The molecule has 1 aliphatic heterocycles. The lowest BCUT2D eigenvalue weighted by atomic mass is 10.1. The zero-order chi connectivity index (χ0) is 16.2. The Morgan fingerprint density at radius 2 is 2.30 bits per heavy atom. The highest BCUT2D eigenvalue weighted by Gasteiger charge is 2.28. The molecule has 1 unspecified atom stereocenters. The van der Waals surface area contributed by atoms with Gasteiger partial charge in [0.1, 0.15) is 18.2 Å². The van der Waals surface area contributed by atoms with Gasteiger partial charge in [0.2, 0.25) is 5.91 Å². The minimum Gasteiger partial charge on any atom is -0.383 e. The van der Waals surface area contributed by atoms with Gasteiger partial charge >= 0.3 is 0 Å². The topological polar surface area (TPSA) is 93.4 Å². The van der Waals surface area contributed by atoms with Gasteiger partial charge in [-0.15, -0.1) is 0 Å². The first-order valence-corrected chi connectivity index (χ1v) is 7.78. The highest BCUT2D eigenvalue weighted by Crippen LogP contribution is 2.19. The third-order valence-electron chi connectivity index (χ3n) is 3.98. The van der Waals surface area contributed by atoms with Crippen molar-refractivity contribution in [2.45, 2.75) is 19.5 Å². The fourth-order valence-electron chi connectivity index (χ4n) is 2.76. The molecule has 3 rings (SSSR count). The van der Waals surface area contributed by atoms with Crippen LogP contribution in [0.25, 0.3) is 10.9 Å². The van der Waals surface area contributed by atoms with Crippen molar-refractivity contribution in [1.82, 2.24) is 20.2 Å². The molecule has 0 saturated carbocycles. The molecule has 1 aromatic carbocycles. The fourth-order valence-corrected chi connectivity index (χ4v) is 2.76. The Hall–Kier alpha value is -2.25. The van der Waals surface area contributed by atoms with E-state index >= 15 is 0 Å². The molecule has 7 nitrogen and oxygen atoms in total. The lowest BCUT2D eigenvalue weighted by Gasteiger charge is -2.33. The van der Waals surface area contributed by atoms with Crippen LogP contribution < -0.4 is 11.1 Å². The molecule has 122 valence electrons. The number of hydrogen-bond acceptors (Lipinski definition) is 6. The minimum absolute atomic E-state index is 0.0759. The van der Waals surface area contributed by atoms with Crippen molar-refractivity contribution in [3.05, 3.63) is 30.1 Å². The number of nitrogens with two attached hydrogens (primary N) is 1. The molecule has 2 heterocycles. The molecule has 0 spiro atoms. The summed E-state index contributed by atoms with van der Waals surface area (Å²) in [4.78, 5) is 22.6. The van der Waals surface area contributed by atoms with E-state index in [2.05, 4.69) is 15.3 Å². The van der Waals surface area contributed by atoms with Gasteiger partial charge < -0.3 is 20.7 Å². The van der Waals surface area contributed by atoms with Crippen LogP contribution in [0.2, 0.25) is 0 Å². The van der Waals surface area contributed by atoms with E-state index in [-0.39, 0.29) is 11.9 Å². The first-order valence-electron chi connectivity index (χ1n) is 7.78. The normalized spacial score (nSPS) is 18.6. The number of carbonyl (C=O) groups excluding carboxylic acids is 1. The fraction of sp³-hybridized carbons (Fsp3) is 0.438. The number of benzene rings is 1. The second-order valence-corrected chi connectivity index (χ2v) is 5.54. The van der Waals surface area contributed by atoms with Crippen LogP contribution in [0.15, 0.2) is 24.5 Å². The van der Waals surface area contributed by atoms with Crippen molar-refractivity contribution in [2.75, 3.05) is 32.0 Å². The molecule has 0 aliphatic carbocycles. The zero-order valence-electron chi connectivity index (χ0n) is 13.2. The molecule has 7 heteroatoms. The molecular formula is C16H21N5O2. The molecule has 1 amide bonds. The number of ether oxygens (including phenoxy) is 1. The summed E-state index contributed by atoms with van der Waals surface area (Å²) in [5.41, 5.74) is 7.66. The number of piperazine rings is 1. The van der Waals surface area contributed by atoms with Crippen LogP contribution >= 0.6 is 0 Å². The van der Waals surface area contributed by atoms with Crippen molar-refractivity contribution >= 4 is 22.6 Å². The molecule has 1 saturated heterocycles. The maximum absolute atomic E-state index is 12.5. The van der Waals surface area contributed by atoms with Gasteiger partial charge in [-0.05, 0) is 24.6 Å². The Morgan fingerprint density at radius 3 is 3.13 bits per heavy atom. The molecule has 3 N–H and O–H groups in total. The molecule has 1 aliphatic rings. The SMILES string of the molecule is CCOCC1NCCN(Cc2ccc3c(N)ncnc3c2)C1=O. The molecule has 2 aromatic rings. The van der Waals surface area contributed by atoms with E-state index in [9.17, 15) is 4.79 Å². The van der Waals surface area contributed by atoms with Gasteiger partial charge in [0.05, 0.1) is 12.1 Å². The maximum Gasteiger partial charge on any atom is 0.242 e. The number of nitrogens with one attached hydrogen (secondary N) is 1. The standard InChI is InChI=1S/C16H21N5O2/c1-2-23-9-14-16(22)21(6-5-18-14)8-11-3-4-12-13(7-11)19-10-20-15(12)17/h3-4,7,10,14,18H,2,5-6,8-9H2,1H3,(H2,17,19,20). The summed E-state index contributed by atoms with van der Waals surface area (Å²) in [5.74, 6) is 0.545. The van der Waals surface area contributed by atoms with Gasteiger partial charge in [0.25, 0.3) is 0 Å². The summed E-state index contributed by atoms with van der Waals surface area (Å²) >= 11 is 0. The van der Waals surface area contributed by atoms with Gasteiger partial charge in [0.15, 0.2) is 0 Å². The summed E-state index contributed by atoms with van der Waals surface area (Å²) in [5, 5.41) is 4.03. The quantitative estimate of drug-likeness (QED) is 0.837. The first-order chi connectivity index (χ1) is 11.2. The Balaban J connectivity index is 1.74. The van der Waals surface area contributed by atoms with Gasteiger partial charge in [0, 0.05) is 31.6 Å². The maximum atomic E-state index is 12.5. The Kier molecular flexibility index (Phi) is 4.68. The number of amides is 1. The van der Waals surface area contributed by atoms with Crippen LogP contribution in [0.5, 0.6) is 0 Å². The van der Waals surface area contributed by atoms with Crippen molar-refractivity contribution in [2.24, 2.45) is 0 Å². The summed E-state index contributed by atoms with van der Waals surface area (Å²) in [6.07, 6.45) is 1.45. The third-order valence-corrected chi connectivity index (χ3v) is 3.98. The number of hydrogen-bond donors (Lipinski definition) is 2. The summed E-state index contributed by atoms with van der Waals surface area (Å²) in [7, 11) is 0. The number of carbonyl (C=O) groups is 1. The van der Waals surface area contributed by atoms with Crippen molar-refractivity contribution in [3.63, 3.8) is 0 Å². The van der Waals surface area contributed by atoms with E-state index in [1.165, 1.54) is 6.33 Å². The van der Waals surface area contributed by atoms with E-state index in [4.69, 9.17) is 10.5 Å². The highest BCUT2D eigenvalue weighted by atomic mass is 16.5. The second kappa shape index (κ2) is 6.89. The number of nitrogens with zero attached hydrogens (tertiary/aromatic N) is 3. The van der Waals surface area contributed by atoms with Gasteiger partial charge in [-0.25, -0.2) is 9.97 Å². The third kappa shape index (κ3) is 3.40. The number of fused-ring (bicyclic) bond motifs is 1. The van der Waals surface area contributed by atoms with Crippen LogP contribution in [0.4, 0.5) is 5.82 Å². The predicted octanol–water partition coefficient (Wildman–Crippen LogP) is 0.549. The summed E-state index contributed by atoms with van der Waals surface area (Å²) in [6, 6.07) is 5.57. The average molecular weight is 315 g/mol. The molecule has 23 heavy (non-hydrogen) atoms.